The molecule has 0 bridgehead atoms. The third-order valence-electron chi connectivity index (χ3n) is 3.39. The average Bonchev–Trinajstić information content (AvgIpc) is 2.90. The normalized spacial score (nSPS) is 21.4. The van der Waals surface area contributed by atoms with Gasteiger partial charge in [-0.1, -0.05) is 0 Å². The van der Waals surface area contributed by atoms with Gasteiger partial charge in [-0.05, 0) is 26.0 Å². The molecule has 1 aromatic heterocycles. The number of carbonyl (C=O) groups is 3. The number of methoxy groups -OCH3 is 1. The molecule has 20 heavy (non-hydrogen) atoms. The smallest absolute Gasteiger partial charge is 0.373 e. The van der Waals surface area contributed by atoms with Gasteiger partial charge in [-0.25, -0.2) is 4.79 Å². The summed E-state index contributed by atoms with van der Waals surface area (Å²) in [4.78, 5) is 36.1. The summed E-state index contributed by atoms with van der Waals surface area (Å²) < 4.78 is 9.98. The van der Waals surface area contributed by atoms with Gasteiger partial charge in [0.1, 0.15) is 5.76 Å². The minimum Gasteiger partial charge on any atom is -0.463 e. The maximum Gasteiger partial charge on any atom is 0.373 e. The molecule has 2 amide bonds. The molecule has 7 nitrogen and oxygen atoms in total. The van der Waals surface area contributed by atoms with E-state index in [1.807, 2.05) is 6.92 Å². The number of esters is 1. The molecule has 0 aromatic carbocycles. The summed E-state index contributed by atoms with van der Waals surface area (Å²) in [7, 11) is 1.27. The van der Waals surface area contributed by atoms with Gasteiger partial charge in [-0.15, -0.1) is 0 Å². The third kappa shape index (κ3) is 2.57. The van der Waals surface area contributed by atoms with Gasteiger partial charge in [-0.2, -0.15) is 0 Å². The van der Waals surface area contributed by atoms with Crippen molar-refractivity contribution in [3.63, 3.8) is 0 Å². The number of nitrogens with zero attached hydrogens (tertiary/aromatic N) is 1. The molecule has 2 heterocycles. The number of carbonyl (C=O) groups excluding carboxylic acids is 3. The number of rotatable bonds is 3. The van der Waals surface area contributed by atoms with Crippen LogP contribution in [0, 0.1) is 0 Å². The van der Waals surface area contributed by atoms with Crippen LogP contribution in [-0.4, -0.2) is 42.4 Å². The summed E-state index contributed by atoms with van der Waals surface area (Å²) in [6.07, 6.45) is 0. The van der Waals surface area contributed by atoms with E-state index in [1.54, 1.807) is 17.9 Å². The van der Waals surface area contributed by atoms with Crippen LogP contribution >= 0.6 is 0 Å². The molecule has 1 aliphatic rings. The minimum atomic E-state index is -0.566. The molecule has 1 aliphatic heterocycles. The monoisotopic (exact) mass is 280 g/mol. The zero-order valence-corrected chi connectivity index (χ0v) is 11.5. The molecule has 2 atom stereocenters. The van der Waals surface area contributed by atoms with Crippen LogP contribution in [0.4, 0.5) is 0 Å². The summed E-state index contributed by atoms with van der Waals surface area (Å²) in [5.41, 5.74) is 0. The predicted molar refractivity (Wildman–Crippen MR) is 67.8 cm³/mol. The zero-order chi connectivity index (χ0) is 14.9. The molecule has 1 aromatic rings. The van der Waals surface area contributed by atoms with Crippen molar-refractivity contribution in [3.8, 4) is 0 Å². The van der Waals surface area contributed by atoms with Gasteiger partial charge in [0.25, 0.3) is 0 Å². The van der Waals surface area contributed by atoms with Crippen LogP contribution in [0.2, 0.25) is 0 Å². The molecule has 7 heteroatoms. The Balaban J connectivity index is 2.19. The molecule has 0 saturated carbocycles. The Kier molecular flexibility index (Phi) is 3.89. The molecule has 2 unspecified atom stereocenters. The fourth-order valence-corrected chi connectivity index (χ4v) is 2.16. The number of piperazine rings is 1. The highest BCUT2D eigenvalue weighted by Gasteiger charge is 2.35. The Bertz CT molecular complexity index is 551. The Morgan fingerprint density at radius 3 is 2.85 bits per heavy atom. The van der Waals surface area contributed by atoms with Crippen LogP contribution in [0.5, 0.6) is 0 Å². The second-order valence-corrected chi connectivity index (χ2v) is 4.63. The van der Waals surface area contributed by atoms with E-state index in [-0.39, 0.29) is 30.2 Å². The fraction of sp³-hybridized carbons (Fsp3) is 0.462. The van der Waals surface area contributed by atoms with E-state index in [9.17, 15) is 14.4 Å². The first kappa shape index (κ1) is 14.3. The lowest BCUT2D eigenvalue weighted by Crippen LogP contribution is -2.57. The van der Waals surface area contributed by atoms with E-state index in [0.29, 0.717) is 5.76 Å². The van der Waals surface area contributed by atoms with Gasteiger partial charge in [0.15, 0.2) is 0 Å². The maximum absolute atomic E-state index is 11.6. The zero-order valence-electron chi connectivity index (χ0n) is 11.5. The molecule has 108 valence electrons. The number of ether oxygens (including phenoxy) is 1. The molecule has 0 radical (unpaired) electrons. The van der Waals surface area contributed by atoms with E-state index in [4.69, 9.17) is 4.42 Å². The Morgan fingerprint density at radius 2 is 2.20 bits per heavy atom. The van der Waals surface area contributed by atoms with Crippen LogP contribution in [-0.2, 0) is 14.3 Å². The van der Waals surface area contributed by atoms with Gasteiger partial charge in [0.05, 0.1) is 25.7 Å². The molecule has 2 rings (SSSR count). The number of hydrogen-bond acceptors (Lipinski definition) is 6. The summed E-state index contributed by atoms with van der Waals surface area (Å²) in [6, 6.07) is 2.39. The highest BCUT2D eigenvalue weighted by molar-refractivity contribution is 6.00. The average molecular weight is 280 g/mol. The van der Waals surface area contributed by atoms with Gasteiger partial charge < -0.3 is 9.15 Å². The highest BCUT2D eigenvalue weighted by atomic mass is 16.5. The fourth-order valence-electron chi connectivity index (χ4n) is 2.16. The number of nitrogens with one attached hydrogen (secondary N) is 1. The van der Waals surface area contributed by atoms with Crippen LogP contribution < -0.4 is 5.32 Å². The second-order valence-electron chi connectivity index (χ2n) is 4.63. The molecule has 1 saturated heterocycles. The Hall–Kier alpha value is -2.15. The summed E-state index contributed by atoms with van der Waals surface area (Å²) >= 11 is 0. The Labute approximate surface area is 115 Å². The van der Waals surface area contributed by atoms with Gasteiger partial charge >= 0.3 is 5.97 Å². The lowest BCUT2D eigenvalue weighted by atomic mass is 10.1. The van der Waals surface area contributed by atoms with E-state index < -0.39 is 12.0 Å². The molecular formula is C13H16N2O5. The predicted octanol–water partition coefficient (Wildman–Crippen LogP) is 0.474. The van der Waals surface area contributed by atoms with E-state index >= 15 is 0 Å². The van der Waals surface area contributed by atoms with Crippen LogP contribution in [0.25, 0.3) is 0 Å². The first-order chi connectivity index (χ1) is 9.43. The lowest BCUT2D eigenvalue weighted by molar-refractivity contribution is -0.141. The van der Waals surface area contributed by atoms with Crippen molar-refractivity contribution in [2.24, 2.45) is 0 Å². The van der Waals surface area contributed by atoms with Crippen molar-refractivity contribution in [3.05, 3.63) is 23.7 Å². The maximum atomic E-state index is 11.6. The van der Waals surface area contributed by atoms with Crippen LogP contribution in [0.15, 0.2) is 16.5 Å². The highest BCUT2D eigenvalue weighted by Crippen LogP contribution is 2.25. The van der Waals surface area contributed by atoms with Crippen molar-refractivity contribution in [2.45, 2.75) is 25.9 Å². The topological polar surface area (TPSA) is 88.9 Å². The lowest BCUT2D eigenvalue weighted by Gasteiger charge is -2.35. The largest absolute Gasteiger partial charge is 0.463 e. The molecule has 1 N–H and O–H groups in total. The first-order valence-electron chi connectivity index (χ1n) is 6.21. The standard InChI is InChI=1S/C13H16N2O5/c1-7(9-4-5-10(20-9)13(18)19-3)15-6-11(16)14-12(17)8(15)2/h4-5,7-8H,6H2,1-3H3,(H,14,16,17). The third-order valence-corrected chi connectivity index (χ3v) is 3.39. The van der Waals surface area contributed by atoms with Crippen molar-refractivity contribution in [2.75, 3.05) is 13.7 Å². The van der Waals surface area contributed by atoms with Crippen LogP contribution in [0.1, 0.15) is 36.2 Å². The Morgan fingerprint density at radius 1 is 1.50 bits per heavy atom. The molecule has 1 fully saturated rings. The minimum absolute atomic E-state index is 0.0924. The first-order valence-corrected chi connectivity index (χ1v) is 6.21. The quantitative estimate of drug-likeness (QED) is 0.639. The van der Waals surface area contributed by atoms with Gasteiger partial charge in [-0.3, -0.25) is 19.8 Å². The van der Waals surface area contributed by atoms with Crippen LogP contribution in [0.3, 0.4) is 0 Å². The van der Waals surface area contributed by atoms with Gasteiger partial charge in [0, 0.05) is 0 Å². The van der Waals surface area contributed by atoms with E-state index in [2.05, 4.69) is 10.1 Å². The summed E-state index contributed by atoms with van der Waals surface area (Å²) in [6.45, 7) is 3.62. The van der Waals surface area contributed by atoms with Crippen molar-refractivity contribution in [1.82, 2.24) is 10.2 Å². The van der Waals surface area contributed by atoms with E-state index in [0.717, 1.165) is 0 Å². The van der Waals surface area contributed by atoms with E-state index in [1.165, 1.54) is 13.2 Å². The number of imide groups is 1. The number of amides is 2. The van der Waals surface area contributed by atoms with Gasteiger partial charge in [0.2, 0.25) is 17.6 Å². The summed E-state index contributed by atoms with van der Waals surface area (Å²) in [5.74, 6) is -0.661. The second kappa shape index (κ2) is 5.46. The van der Waals surface area contributed by atoms with Crippen molar-refractivity contribution in [1.29, 1.82) is 0 Å². The number of furan rings is 1. The summed E-state index contributed by atoms with van der Waals surface area (Å²) in [5, 5.41) is 2.27. The van der Waals surface area contributed by atoms with Crippen molar-refractivity contribution < 1.29 is 23.5 Å². The SMILES string of the molecule is COC(=O)c1ccc(C(C)N2CC(=O)NC(=O)C2C)o1. The number of hydrogen-bond donors (Lipinski definition) is 1. The molecule has 0 aliphatic carbocycles. The van der Waals surface area contributed by atoms with Crippen molar-refractivity contribution >= 4 is 17.8 Å². The molecule has 0 spiro atoms. The molecular weight excluding hydrogens is 264 g/mol.